The molecule has 3 nitrogen and oxygen atoms in total. The van der Waals surface area contributed by atoms with Crippen molar-refractivity contribution in [3.05, 3.63) is 65.0 Å². The number of nitrogens with one attached hydrogen (secondary N) is 1. The van der Waals surface area contributed by atoms with Crippen molar-refractivity contribution in [3.63, 3.8) is 0 Å². The van der Waals surface area contributed by atoms with E-state index < -0.39 is 0 Å². The molecule has 0 saturated heterocycles. The molecular formula is C16H21N3. The van der Waals surface area contributed by atoms with E-state index in [0.29, 0.717) is 0 Å². The standard InChI is InChI=1S/C16H21N3/c1-3-14-5-4-10-18-16(14)15(19-17)11-13-8-6-12(2)7-9-13/h4-10,15,19H,3,11,17H2,1-2H3. The van der Waals surface area contributed by atoms with Gasteiger partial charge in [0.1, 0.15) is 0 Å². The number of aryl methyl sites for hydroxylation is 2. The van der Waals surface area contributed by atoms with E-state index >= 15 is 0 Å². The third-order valence-corrected chi connectivity index (χ3v) is 3.40. The summed E-state index contributed by atoms with van der Waals surface area (Å²) in [5.41, 5.74) is 7.73. The summed E-state index contributed by atoms with van der Waals surface area (Å²) in [6, 6.07) is 12.7. The number of hydrogen-bond donors (Lipinski definition) is 2. The zero-order chi connectivity index (χ0) is 13.7. The SMILES string of the molecule is CCc1cccnc1C(Cc1ccc(C)cc1)NN. The van der Waals surface area contributed by atoms with Crippen LogP contribution in [0.25, 0.3) is 0 Å². The van der Waals surface area contributed by atoms with Crippen LogP contribution in [0.2, 0.25) is 0 Å². The number of pyridine rings is 1. The van der Waals surface area contributed by atoms with Crippen LogP contribution in [0.3, 0.4) is 0 Å². The molecule has 3 N–H and O–H groups in total. The van der Waals surface area contributed by atoms with Gasteiger partial charge >= 0.3 is 0 Å². The van der Waals surface area contributed by atoms with Gasteiger partial charge in [-0.15, -0.1) is 0 Å². The number of benzene rings is 1. The maximum Gasteiger partial charge on any atom is 0.0675 e. The summed E-state index contributed by atoms with van der Waals surface area (Å²) < 4.78 is 0. The van der Waals surface area contributed by atoms with Gasteiger partial charge < -0.3 is 0 Å². The van der Waals surface area contributed by atoms with Crippen LogP contribution < -0.4 is 11.3 Å². The lowest BCUT2D eigenvalue weighted by Crippen LogP contribution is -2.31. The molecule has 1 heterocycles. The highest BCUT2D eigenvalue weighted by Crippen LogP contribution is 2.20. The Labute approximate surface area is 114 Å². The van der Waals surface area contributed by atoms with E-state index in [-0.39, 0.29) is 6.04 Å². The normalized spacial score (nSPS) is 12.4. The van der Waals surface area contributed by atoms with Gasteiger partial charge in [0.2, 0.25) is 0 Å². The number of aromatic nitrogens is 1. The van der Waals surface area contributed by atoms with Crippen molar-refractivity contribution < 1.29 is 0 Å². The molecule has 2 aromatic rings. The van der Waals surface area contributed by atoms with Gasteiger partial charge in [-0.05, 0) is 37.0 Å². The first-order valence-corrected chi connectivity index (χ1v) is 6.70. The maximum absolute atomic E-state index is 5.72. The lowest BCUT2D eigenvalue weighted by Gasteiger charge is -2.18. The average molecular weight is 255 g/mol. The number of nitrogens with zero attached hydrogens (tertiary/aromatic N) is 1. The molecule has 2 rings (SSSR count). The minimum Gasteiger partial charge on any atom is -0.271 e. The molecular weight excluding hydrogens is 234 g/mol. The molecule has 0 aliphatic carbocycles. The molecule has 0 amide bonds. The van der Waals surface area contributed by atoms with Gasteiger partial charge in [0.05, 0.1) is 11.7 Å². The van der Waals surface area contributed by atoms with Crippen molar-refractivity contribution in [2.45, 2.75) is 32.7 Å². The fourth-order valence-electron chi connectivity index (χ4n) is 2.26. The van der Waals surface area contributed by atoms with Gasteiger partial charge in [0, 0.05) is 6.20 Å². The smallest absolute Gasteiger partial charge is 0.0675 e. The summed E-state index contributed by atoms with van der Waals surface area (Å²) in [7, 11) is 0. The first kappa shape index (κ1) is 13.7. The Bertz CT molecular complexity index is 520. The quantitative estimate of drug-likeness (QED) is 0.638. The number of hydrazine groups is 1. The molecule has 0 aliphatic rings. The minimum absolute atomic E-state index is 0.0545. The highest BCUT2D eigenvalue weighted by Gasteiger charge is 2.15. The highest BCUT2D eigenvalue weighted by atomic mass is 15.2. The van der Waals surface area contributed by atoms with Crippen LogP contribution in [-0.4, -0.2) is 4.98 Å². The van der Waals surface area contributed by atoms with Crippen LogP contribution in [0, 0.1) is 6.92 Å². The molecule has 0 fully saturated rings. The van der Waals surface area contributed by atoms with E-state index in [1.807, 2.05) is 12.3 Å². The van der Waals surface area contributed by atoms with Crippen LogP contribution in [0.15, 0.2) is 42.6 Å². The molecule has 3 heteroatoms. The van der Waals surface area contributed by atoms with Crippen molar-refractivity contribution >= 4 is 0 Å². The first-order valence-electron chi connectivity index (χ1n) is 6.70. The van der Waals surface area contributed by atoms with Gasteiger partial charge in [-0.1, -0.05) is 42.8 Å². The summed E-state index contributed by atoms with van der Waals surface area (Å²) in [4.78, 5) is 4.49. The van der Waals surface area contributed by atoms with Crippen molar-refractivity contribution in [2.75, 3.05) is 0 Å². The van der Waals surface area contributed by atoms with E-state index in [9.17, 15) is 0 Å². The maximum atomic E-state index is 5.72. The molecule has 0 bridgehead atoms. The summed E-state index contributed by atoms with van der Waals surface area (Å²) >= 11 is 0. The molecule has 0 spiro atoms. The van der Waals surface area contributed by atoms with Crippen molar-refractivity contribution in [3.8, 4) is 0 Å². The molecule has 1 atom stereocenters. The first-order chi connectivity index (χ1) is 9.24. The fourth-order valence-corrected chi connectivity index (χ4v) is 2.26. The molecule has 1 aromatic carbocycles. The van der Waals surface area contributed by atoms with E-state index in [1.165, 1.54) is 16.7 Å². The predicted molar refractivity (Wildman–Crippen MR) is 78.6 cm³/mol. The van der Waals surface area contributed by atoms with Crippen LogP contribution in [-0.2, 0) is 12.8 Å². The minimum atomic E-state index is 0.0545. The predicted octanol–water partition coefficient (Wildman–Crippen LogP) is 2.70. The highest BCUT2D eigenvalue weighted by molar-refractivity contribution is 5.27. The van der Waals surface area contributed by atoms with Crippen molar-refractivity contribution in [1.82, 2.24) is 10.4 Å². The van der Waals surface area contributed by atoms with Crippen LogP contribution in [0.4, 0.5) is 0 Å². The van der Waals surface area contributed by atoms with Crippen LogP contribution in [0.5, 0.6) is 0 Å². The number of hydrogen-bond acceptors (Lipinski definition) is 3. The van der Waals surface area contributed by atoms with Gasteiger partial charge in [0.25, 0.3) is 0 Å². The van der Waals surface area contributed by atoms with E-state index in [4.69, 9.17) is 5.84 Å². The Balaban J connectivity index is 2.22. The van der Waals surface area contributed by atoms with Crippen LogP contribution >= 0.6 is 0 Å². The average Bonchev–Trinajstić information content (AvgIpc) is 2.46. The molecule has 19 heavy (non-hydrogen) atoms. The summed E-state index contributed by atoms with van der Waals surface area (Å²) in [6.45, 7) is 4.23. The third kappa shape index (κ3) is 3.40. The summed E-state index contributed by atoms with van der Waals surface area (Å²) in [5.74, 6) is 5.72. The lowest BCUT2D eigenvalue weighted by atomic mass is 9.98. The Morgan fingerprint density at radius 3 is 2.58 bits per heavy atom. The van der Waals surface area contributed by atoms with E-state index in [0.717, 1.165) is 18.5 Å². The second-order valence-corrected chi connectivity index (χ2v) is 4.81. The van der Waals surface area contributed by atoms with Gasteiger partial charge in [0.15, 0.2) is 0 Å². The molecule has 1 unspecified atom stereocenters. The van der Waals surface area contributed by atoms with Gasteiger partial charge in [-0.25, -0.2) is 0 Å². The zero-order valence-electron chi connectivity index (χ0n) is 11.6. The molecule has 1 aromatic heterocycles. The largest absolute Gasteiger partial charge is 0.271 e. The zero-order valence-corrected chi connectivity index (χ0v) is 11.6. The monoisotopic (exact) mass is 255 g/mol. The Morgan fingerprint density at radius 2 is 1.95 bits per heavy atom. The summed E-state index contributed by atoms with van der Waals surface area (Å²) in [6.07, 6.45) is 3.64. The molecule has 0 aliphatic heterocycles. The number of rotatable bonds is 5. The Morgan fingerprint density at radius 1 is 1.21 bits per heavy atom. The second kappa shape index (κ2) is 6.45. The van der Waals surface area contributed by atoms with E-state index in [2.05, 4.69) is 54.6 Å². The Hall–Kier alpha value is -1.71. The summed E-state index contributed by atoms with van der Waals surface area (Å²) in [5, 5.41) is 0. The fraction of sp³-hybridized carbons (Fsp3) is 0.312. The van der Waals surface area contributed by atoms with Crippen LogP contribution in [0.1, 0.15) is 35.3 Å². The lowest BCUT2D eigenvalue weighted by molar-refractivity contribution is 0.533. The molecule has 0 radical (unpaired) electrons. The van der Waals surface area contributed by atoms with Crippen molar-refractivity contribution in [2.24, 2.45) is 5.84 Å². The number of nitrogens with two attached hydrogens (primary N) is 1. The van der Waals surface area contributed by atoms with E-state index in [1.54, 1.807) is 0 Å². The van der Waals surface area contributed by atoms with Gasteiger partial charge in [-0.3, -0.25) is 16.3 Å². The third-order valence-electron chi connectivity index (χ3n) is 3.40. The van der Waals surface area contributed by atoms with Crippen molar-refractivity contribution in [1.29, 1.82) is 0 Å². The molecule has 100 valence electrons. The Kier molecular flexibility index (Phi) is 4.66. The second-order valence-electron chi connectivity index (χ2n) is 4.81. The topological polar surface area (TPSA) is 50.9 Å². The molecule has 0 saturated carbocycles. The van der Waals surface area contributed by atoms with Gasteiger partial charge in [-0.2, -0.15) is 0 Å².